The van der Waals surface area contributed by atoms with Crippen molar-refractivity contribution < 1.29 is 17.9 Å². The van der Waals surface area contributed by atoms with Crippen LogP contribution in [0.25, 0.3) is 22.3 Å². The molecule has 0 amide bonds. The topological polar surface area (TPSA) is 144 Å². The molecule has 0 saturated carbocycles. The minimum atomic E-state index is -3.80. The molecule has 34 heavy (non-hydrogen) atoms. The fourth-order valence-corrected chi connectivity index (χ4v) is 4.21. The number of hydrogen-bond donors (Lipinski definition) is 1. The third-order valence-corrected chi connectivity index (χ3v) is 6.53. The Kier molecular flexibility index (Phi) is 7.74. The summed E-state index contributed by atoms with van der Waals surface area (Å²) in [5.41, 5.74) is 2.87. The Balaban J connectivity index is 0.00000324. The average Bonchev–Trinajstić information content (AvgIpc) is 2.82. The quantitative estimate of drug-likeness (QED) is 0.538. The van der Waals surface area contributed by atoms with Crippen LogP contribution >= 0.6 is 13.5 Å². The van der Waals surface area contributed by atoms with E-state index in [1.54, 1.807) is 12.4 Å². The third kappa shape index (κ3) is 5.63. The van der Waals surface area contributed by atoms with Gasteiger partial charge >= 0.3 is 0 Å². The number of benzene rings is 1. The van der Waals surface area contributed by atoms with Crippen LogP contribution in [0.2, 0.25) is 0 Å². The van der Waals surface area contributed by atoms with Crippen molar-refractivity contribution in [3.05, 3.63) is 48.3 Å². The molecular formula is C22H26N6O4S2. The molecule has 0 aliphatic carbocycles. The molecule has 0 radical (unpaired) electrons. The summed E-state index contributed by atoms with van der Waals surface area (Å²) in [6.07, 6.45) is 2.64. The van der Waals surface area contributed by atoms with E-state index < -0.39 is 21.7 Å². The predicted molar refractivity (Wildman–Crippen MR) is 132 cm³/mol. The Morgan fingerprint density at radius 2 is 1.97 bits per heavy atom. The van der Waals surface area contributed by atoms with Crippen molar-refractivity contribution in [2.75, 3.05) is 26.3 Å². The Morgan fingerprint density at radius 3 is 2.65 bits per heavy atom. The van der Waals surface area contributed by atoms with Gasteiger partial charge in [0.05, 0.1) is 29.3 Å². The minimum absolute atomic E-state index is 0. The summed E-state index contributed by atoms with van der Waals surface area (Å²) in [6.45, 7) is 4.33. The number of pyridine rings is 1. The van der Waals surface area contributed by atoms with Crippen molar-refractivity contribution in [1.29, 1.82) is 5.26 Å². The highest BCUT2D eigenvalue weighted by Crippen LogP contribution is 2.29. The van der Waals surface area contributed by atoms with Gasteiger partial charge in [-0.2, -0.15) is 31.5 Å². The van der Waals surface area contributed by atoms with E-state index in [9.17, 15) is 13.7 Å². The Bertz CT molecular complexity index is 1310. The number of morpholine rings is 1. The molecule has 2 aromatic heterocycles. The molecule has 1 atom stereocenters. The van der Waals surface area contributed by atoms with E-state index in [-0.39, 0.29) is 45.7 Å². The molecule has 1 unspecified atom stereocenters. The molecular weight excluding hydrogens is 476 g/mol. The van der Waals surface area contributed by atoms with Crippen molar-refractivity contribution >= 4 is 34.7 Å². The second-order valence-corrected chi connectivity index (χ2v) is 9.80. The van der Waals surface area contributed by atoms with Crippen LogP contribution in [0.15, 0.2) is 42.7 Å². The van der Waals surface area contributed by atoms with Crippen LogP contribution in [0.1, 0.15) is 19.4 Å². The summed E-state index contributed by atoms with van der Waals surface area (Å²) in [4.78, 5) is 13.3. The van der Waals surface area contributed by atoms with Crippen LogP contribution in [0, 0.1) is 11.3 Å². The zero-order valence-electron chi connectivity index (χ0n) is 18.8. The molecule has 3 aromatic rings. The van der Waals surface area contributed by atoms with E-state index >= 15 is 0 Å². The lowest BCUT2D eigenvalue weighted by Crippen LogP contribution is -2.49. The maximum Gasteiger partial charge on any atom is 0.277 e. The maximum absolute atomic E-state index is 11.6. The number of hydrogen-bond acceptors (Lipinski definition) is 8. The smallest absolute Gasteiger partial charge is 0.277 e. The standard InChI is InChI=1S/C22H24N6O4S.H2S/c1-22(2,14-23)16-5-3-15(4-6-16)18-11-19-20(26-8-7-25-19)21(27-18)32-13-17-12-28(9-10-31-17)33(24,29)30;/h3-8,11,17H,9-10,12-13H2,1-2H3,(H2,24,29,30);1H2. The summed E-state index contributed by atoms with van der Waals surface area (Å²) in [5.74, 6) is 0.272. The molecule has 10 nitrogen and oxygen atoms in total. The first-order valence-corrected chi connectivity index (χ1v) is 11.8. The van der Waals surface area contributed by atoms with Gasteiger partial charge in [0.25, 0.3) is 10.2 Å². The summed E-state index contributed by atoms with van der Waals surface area (Å²) in [5, 5.41) is 14.6. The monoisotopic (exact) mass is 502 g/mol. The van der Waals surface area contributed by atoms with Gasteiger partial charge in [-0.1, -0.05) is 24.3 Å². The predicted octanol–water partition coefficient (Wildman–Crippen LogP) is 1.89. The largest absolute Gasteiger partial charge is 0.473 e. The normalized spacial score (nSPS) is 17.1. The molecule has 12 heteroatoms. The van der Waals surface area contributed by atoms with Crippen molar-refractivity contribution in [2.24, 2.45) is 5.14 Å². The van der Waals surface area contributed by atoms with Gasteiger partial charge in [0.1, 0.15) is 12.7 Å². The number of fused-ring (bicyclic) bond motifs is 1. The van der Waals surface area contributed by atoms with Crippen LogP contribution in [-0.4, -0.2) is 60.1 Å². The molecule has 1 saturated heterocycles. The van der Waals surface area contributed by atoms with Gasteiger partial charge in [0.15, 0.2) is 5.52 Å². The number of ether oxygens (including phenoxy) is 2. The molecule has 1 aliphatic heterocycles. The molecule has 2 N–H and O–H groups in total. The van der Waals surface area contributed by atoms with Gasteiger partial charge in [-0.05, 0) is 25.5 Å². The zero-order valence-corrected chi connectivity index (χ0v) is 20.6. The Morgan fingerprint density at radius 1 is 1.26 bits per heavy atom. The van der Waals surface area contributed by atoms with Crippen LogP contribution in [0.5, 0.6) is 5.88 Å². The van der Waals surface area contributed by atoms with Gasteiger partial charge in [-0.15, -0.1) is 0 Å². The van der Waals surface area contributed by atoms with Crippen molar-refractivity contribution in [2.45, 2.75) is 25.4 Å². The minimum Gasteiger partial charge on any atom is -0.473 e. The van der Waals surface area contributed by atoms with E-state index in [1.165, 1.54) is 0 Å². The van der Waals surface area contributed by atoms with Crippen molar-refractivity contribution in [1.82, 2.24) is 19.3 Å². The van der Waals surface area contributed by atoms with Crippen LogP contribution < -0.4 is 9.88 Å². The highest BCUT2D eigenvalue weighted by molar-refractivity contribution is 7.86. The van der Waals surface area contributed by atoms with Crippen molar-refractivity contribution in [3.63, 3.8) is 0 Å². The molecule has 180 valence electrons. The lowest BCUT2D eigenvalue weighted by Gasteiger charge is -2.30. The molecule has 1 aromatic carbocycles. The van der Waals surface area contributed by atoms with Gasteiger partial charge in [-0.25, -0.2) is 15.1 Å². The first kappa shape index (κ1) is 25.8. The SMILES string of the molecule is CC(C)(C#N)c1ccc(-c2cc3nccnc3c(OCC3CN(S(N)(=O)=O)CCO3)n2)cc1.S. The number of nitrogens with zero attached hydrogens (tertiary/aromatic N) is 5. The lowest BCUT2D eigenvalue weighted by molar-refractivity contribution is -0.0254. The fraction of sp³-hybridized carbons (Fsp3) is 0.364. The number of rotatable bonds is 6. The first-order chi connectivity index (χ1) is 15.7. The van der Waals surface area contributed by atoms with E-state index in [1.807, 2.05) is 44.2 Å². The van der Waals surface area contributed by atoms with Crippen LogP contribution in [0.3, 0.4) is 0 Å². The molecule has 4 rings (SSSR count). The lowest BCUT2D eigenvalue weighted by atomic mass is 9.86. The maximum atomic E-state index is 11.6. The second kappa shape index (κ2) is 10.2. The molecule has 0 bridgehead atoms. The number of nitriles is 1. The van der Waals surface area contributed by atoms with Gasteiger partial charge in [0, 0.05) is 31.0 Å². The highest BCUT2D eigenvalue weighted by Gasteiger charge is 2.28. The Hall–Kier alpha value is -2.82. The van der Waals surface area contributed by atoms with Crippen LogP contribution in [0.4, 0.5) is 0 Å². The van der Waals surface area contributed by atoms with E-state index in [2.05, 4.69) is 21.0 Å². The zero-order chi connectivity index (χ0) is 23.6. The van der Waals surface area contributed by atoms with E-state index in [0.29, 0.717) is 16.7 Å². The molecule has 0 spiro atoms. The van der Waals surface area contributed by atoms with E-state index in [0.717, 1.165) is 15.4 Å². The van der Waals surface area contributed by atoms with Crippen LogP contribution in [-0.2, 0) is 20.4 Å². The first-order valence-electron chi connectivity index (χ1n) is 10.3. The summed E-state index contributed by atoms with van der Waals surface area (Å²) in [7, 11) is -3.80. The Labute approximate surface area is 205 Å². The number of aromatic nitrogens is 3. The highest BCUT2D eigenvalue weighted by atomic mass is 32.2. The van der Waals surface area contributed by atoms with Crippen molar-refractivity contribution in [3.8, 4) is 23.2 Å². The van der Waals surface area contributed by atoms with Gasteiger partial charge in [-0.3, -0.25) is 4.98 Å². The third-order valence-electron chi connectivity index (χ3n) is 5.47. The van der Waals surface area contributed by atoms with Gasteiger partial charge in [0.2, 0.25) is 5.88 Å². The molecule has 1 fully saturated rings. The van der Waals surface area contributed by atoms with E-state index in [4.69, 9.17) is 14.6 Å². The fourth-order valence-electron chi connectivity index (χ4n) is 3.51. The summed E-state index contributed by atoms with van der Waals surface area (Å²) in [6, 6.07) is 11.7. The number of nitrogens with two attached hydrogens (primary N) is 1. The summed E-state index contributed by atoms with van der Waals surface area (Å²) >= 11 is 0. The second-order valence-electron chi connectivity index (χ2n) is 8.26. The molecule has 1 aliphatic rings. The van der Waals surface area contributed by atoms with Gasteiger partial charge < -0.3 is 9.47 Å². The molecule has 3 heterocycles. The summed E-state index contributed by atoms with van der Waals surface area (Å²) < 4.78 is 36.0. The average molecular weight is 503 g/mol.